The van der Waals surface area contributed by atoms with E-state index in [0.717, 1.165) is 18.4 Å². The van der Waals surface area contributed by atoms with E-state index >= 15 is 0 Å². The fraction of sp³-hybridized carbons (Fsp3) is 0.857. The van der Waals surface area contributed by atoms with Gasteiger partial charge in [-0.25, -0.2) is 0 Å². The van der Waals surface area contributed by atoms with Crippen LogP contribution in [0.15, 0.2) is 12.2 Å². The summed E-state index contributed by atoms with van der Waals surface area (Å²) in [5, 5.41) is 0. The van der Waals surface area contributed by atoms with Crippen molar-refractivity contribution in [2.75, 3.05) is 13.6 Å². The number of rotatable bonds is 3. The summed E-state index contributed by atoms with van der Waals surface area (Å²) in [5.74, 6) is 1.59. The maximum atomic E-state index is 2.55. The van der Waals surface area contributed by atoms with Gasteiger partial charge in [-0.05, 0) is 38.6 Å². The molecule has 0 aromatic rings. The lowest BCUT2D eigenvalue weighted by molar-refractivity contribution is 0.0485. The Balaban J connectivity index is 2.85. The summed E-state index contributed by atoms with van der Waals surface area (Å²) in [4.78, 5) is 2.55. The van der Waals surface area contributed by atoms with E-state index in [2.05, 4.69) is 51.8 Å². The molecule has 1 nitrogen and oxygen atoms in total. The molecule has 1 rings (SSSR count). The van der Waals surface area contributed by atoms with E-state index in [1.807, 2.05) is 0 Å². The topological polar surface area (TPSA) is 3.24 Å². The van der Waals surface area contributed by atoms with Gasteiger partial charge in [-0.1, -0.05) is 39.3 Å². The van der Waals surface area contributed by atoms with Crippen LogP contribution in [0.3, 0.4) is 0 Å². The van der Waals surface area contributed by atoms with Crippen LogP contribution in [-0.2, 0) is 0 Å². The molecule has 1 aliphatic heterocycles. The molecule has 0 spiro atoms. The average Bonchev–Trinajstić information content (AvgIpc) is 2.31. The van der Waals surface area contributed by atoms with Gasteiger partial charge in [-0.2, -0.15) is 0 Å². The fourth-order valence-electron chi connectivity index (χ4n) is 3.22. The molecule has 1 heterocycles. The minimum Gasteiger partial charge on any atom is -0.297 e. The molecule has 0 aliphatic carbocycles. The van der Waals surface area contributed by atoms with Crippen molar-refractivity contribution in [3.8, 4) is 0 Å². The Kier molecular flexibility index (Phi) is 4.39. The van der Waals surface area contributed by atoms with E-state index in [4.69, 9.17) is 0 Å². The number of allylic oxidation sites excluding steroid dienone is 1. The van der Waals surface area contributed by atoms with Gasteiger partial charge in [0.15, 0.2) is 0 Å². The Hall–Kier alpha value is -0.300. The predicted octanol–water partition coefficient (Wildman–Crippen LogP) is 3.71. The van der Waals surface area contributed by atoms with E-state index < -0.39 is 0 Å². The van der Waals surface area contributed by atoms with Gasteiger partial charge in [0, 0.05) is 12.1 Å². The van der Waals surface area contributed by atoms with Gasteiger partial charge < -0.3 is 0 Å². The molecular formula is C14H27N. The maximum Gasteiger partial charge on any atom is 0.0215 e. The number of nitrogens with zero attached hydrogens (tertiary/aromatic N) is 1. The molecule has 2 unspecified atom stereocenters. The molecule has 0 bridgehead atoms. The lowest BCUT2D eigenvalue weighted by Gasteiger charge is -2.46. The van der Waals surface area contributed by atoms with Gasteiger partial charge >= 0.3 is 0 Å². The van der Waals surface area contributed by atoms with Crippen LogP contribution in [0.4, 0.5) is 0 Å². The van der Waals surface area contributed by atoms with Crippen LogP contribution in [-0.4, -0.2) is 24.0 Å². The Labute approximate surface area is 95.5 Å². The summed E-state index contributed by atoms with van der Waals surface area (Å²) >= 11 is 0. The lowest BCUT2D eigenvalue weighted by atomic mass is 9.73. The van der Waals surface area contributed by atoms with Crippen LogP contribution < -0.4 is 0 Å². The Bertz CT molecular complexity index is 219. The van der Waals surface area contributed by atoms with Crippen molar-refractivity contribution in [3.05, 3.63) is 12.2 Å². The third-order valence-electron chi connectivity index (χ3n) is 4.28. The lowest BCUT2D eigenvalue weighted by Crippen LogP contribution is -2.50. The highest BCUT2D eigenvalue weighted by atomic mass is 15.2. The molecule has 1 heteroatoms. The first-order valence-corrected chi connectivity index (χ1v) is 6.38. The molecule has 0 radical (unpaired) electrons. The Morgan fingerprint density at radius 3 is 2.53 bits per heavy atom. The molecule has 0 amide bonds. The summed E-state index contributed by atoms with van der Waals surface area (Å²) in [7, 11) is 2.28. The van der Waals surface area contributed by atoms with Gasteiger partial charge in [0.2, 0.25) is 0 Å². The summed E-state index contributed by atoms with van der Waals surface area (Å²) in [6.45, 7) is 10.6. The second-order valence-electron chi connectivity index (χ2n) is 5.51. The third kappa shape index (κ3) is 2.63. The van der Waals surface area contributed by atoms with Gasteiger partial charge in [-0.3, -0.25) is 4.90 Å². The molecule has 15 heavy (non-hydrogen) atoms. The van der Waals surface area contributed by atoms with Gasteiger partial charge in [0.1, 0.15) is 0 Å². The minimum absolute atomic E-state index is 0.381. The quantitative estimate of drug-likeness (QED) is 0.640. The molecule has 88 valence electrons. The van der Waals surface area contributed by atoms with Crippen molar-refractivity contribution >= 4 is 0 Å². The third-order valence-corrected chi connectivity index (χ3v) is 4.28. The zero-order valence-corrected chi connectivity index (χ0v) is 11.1. The van der Waals surface area contributed by atoms with E-state index in [1.54, 1.807) is 0 Å². The normalized spacial score (nSPS) is 30.5. The summed E-state index contributed by atoms with van der Waals surface area (Å²) in [6.07, 6.45) is 8.49. The summed E-state index contributed by atoms with van der Waals surface area (Å²) < 4.78 is 0. The maximum absolute atomic E-state index is 2.55. The zero-order valence-electron chi connectivity index (χ0n) is 11.1. The van der Waals surface area contributed by atoms with E-state index in [0.29, 0.717) is 5.54 Å². The van der Waals surface area contributed by atoms with Gasteiger partial charge in [0.05, 0.1) is 0 Å². The second kappa shape index (κ2) is 5.16. The highest BCUT2D eigenvalue weighted by Crippen LogP contribution is 2.37. The smallest absolute Gasteiger partial charge is 0.0215 e. The Morgan fingerprint density at radius 1 is 1.33 bits per heavy atom. The van der Waals surface area contributed by atoms with Crippen molar-refractivity contribution in [2.45, 2.75) is 52.5 Å². The van der Waals surface area contributed by atoms with Crippen molar-refractivity contribution in [1.82, 2.24) is 4.90 Å². The standard InChI is InChI=1S/C14H27N/c1-6-13(12(2)3)14(4)10-8-7-9-11-15(14)5/h7,9,12-13H,6,8,10-11H2,1-5H3. The molecule has 2 atom stereocenters. The second-order valence-corrected chi connectivity index (χ2v) is 5.51. The molecule has 0 aromatic heterocycles. The number of hydrogen-bond acceptors (Lipinski definition) is 1. The first-order chi connectivity index (χ1) is 7.02. The summed E-state index contributed by atoms with van der Waals surface area (Å²) in [5.41, 5.74) is 0.381. The fourth-order valence-corrected chi connectivity index (χ4v) is 3.22. The van der Waals surface area contributed by atoms with Crippen LogP contribution in [0, 0.1) is 11.8 Å². The van der Waals surface area contributed by atoms with Gasteiger partial charge in [-0.15, -0.1) is 0 Å². The van der Waals surface area contributed by atoms with Crippen LogP contribution in [0.5, 0.6) is 0 Å². The van der Waals surface area contributed by atoms with E-state index in [-0.39, 0.29) is 0 Å². The molecule has 0 aromatic carbocycles. The highest BCUT2D eigenvalue weighted by molar-refractivity contribution is 5.00. The minimum atomic E-state index is 0.381. The van der Waals surface area contributed by atoms with Crippen LogP contribution in [0.2, 0.25) is 0 Å². The number of likely N-dealkylation sites (N-methyl/N-ethyl adjacent to an activating group) is 1. The highest BCUT2D eigenvalue weighted by Gasteiger charge is 2.37. The van der Waals surface area contributed by atoms with Crippen LogP contribution in [0.25, 0.3) is 0 Å². The monoisotopic (exact) mass is 209 g/mol. The molecule has 0 N–H and O–H groups in total. The number of hydrogen-bond donors (Lipinski definition) is 0. The largest absolute Gasteiger partial charge is 0.297 e. The Morgan fingerprint density at radius 2 is 2.00 bits per heavy atom. The van der Waals surface area contributed by atoms with Crippen molar-refractivity contribution < 1.29 is 0 Å². The average molecular weight is 209 g/mol. The van der Waals surface area contributed by atoms with E-state index in [1.165, 1.54) is 19.3 Å². The molecule has 0 saturated heterocycles. The van der Waals surface area contributed by atoms with Gasteiger partial charge in [0.25, 0.3) is 0 Å². The first-order valence-electron chi connectivity index (χ1n) is 6.38. The molecule has 0 fully saturated rings. The molecular weight excluding hydrogens is 182 g/mol. The SMILES string of the molecule is CCC(C(C)C)C1(C)CCC=CCN1C. The van der Waals surface area contributed by atoms with E-state index in [9.17, 15) is 0 Å². The van der Waals surface area contributed by atoms with Crippen LogP contribution in [0.1, 0.15) is 47.0 Å². The zero-order chi connectivity index (χ0) is 11.5. The predicted molar refractivity (Wildman–Crippen MR) is 68.0 cm³/mol. The van der Waals surface area contributed by atoms with Crippen molar-refractivity contribution in [1.29, 1.82) is 0 Å². The molecule has 0 saturated carbocycles. The molecule has 1 aliphatic rings. The summed E-state index contributed by atoms with van der Waals surface area (Å²) in [6, 6.07) is 0. The van der Waals surface area contributed by atoms with Crippen molar-refractivity contribution in [2.24, 2.45) is 11.8 Å². The first kappa shape index (κ1) is 12.8. The van der Waals surface area contributed by atoms with Crippen molar-refractivity contribution in [3.63, 3.8) is 0 Å². The van der Waals surface area contributed by atoms with Crippen LogP contribution >= 0.6 is 0 Å².